The number of hydrogen-bond donors (Lipinski definition) is 4. The van der Waals surface area contributed by atoms with Gasteiger partial charge in [0.1, 0.15) is 4.90 Å². The number of aromatic amines is 1. The molecule has 0 unspecified atom stereocenters. The number of carbonyl (C=O) groups excluding carboxylic acids is 1. The third kappa shape index (κ3) is 2.86. The average molecular weight is 282 g/mol. The lowest BCUT2D eigenvalue weighted by Gasteiger charge is -2.07. The van der Waals surface area contributed by atoms with Gasteiger partial charge in [-0.25, -0.2) is 13.6 Å². The Morgan fingerprint density at radius 3 is 2.58 bits per heavy atom. The Morgan fingerprint density at radius 1 is 1.32 bits per heavy atom. The zero-order valence-electron chi connectivity index (χ0n) is 9.49. The van der Waals surface area contributed by atoms with E-state index in [1.54, 1.807) is 6.07 Å². The van der Waals surface area contributed by atoms with Crippen LogP contribution in [-0.2, 0) is 10.0 Å². The molecular weight excluding hydrogens is 272 g/mol. The van der Waals surface area contributed by atoms with Crippen molar-refractivity contribution in [3.63, 3.8) is 0 Å². The summed E-state index contributed by atoms with van der Waals surface area (Å²) in [6.45, 7) is 0. The van der Waals surface area contributed by atoms with Gasteiger partial charge in [0.25, 0.3) is 5.91 Å². The van der Waals surface area contributed by atoms with Crippen molar-refractivity contribution in [3.8, 4) is 0 Å². The first kappa shape index (κ1) is 13.0. The lowest BCUT2D eigenvalue weighted by Crippen LogP contribution is -2.19. The van der Waals surface area contributed by atoms with E-state index < -0.39 is 15.9 Å². The van der Waals surface area contributed by atoms with E-state index in [-0.39, 0.29) is 22.4 Å². The van der Waals surface area contributed by atoms with Crippen LogP contribution in [0.25, 0.3) is 0 Å². The highest BCUT2D eigenvalue weighted by molar-refractivity contribution is 7.89. The number of hydrogen-bond acceptors (Lipinski definition) is 6. The molecule has 0 saturated carbocycles. The number of nitrogens with two attached hydrogens (primary N) is 2. The molecule has 1 amide bonds. The van der Waals surface area contributed by atoms with Gasteiger partial charge in [0.2, 0.25) is 21.8 Å². The first-order chi connectivity index (χ1) is 8.88. The molecule has 0 spiro atoms. The molecule has 1 aromatic carbocycles. The normalized spacial score (nSPS) is 11.2. The van der Waals surface area contributed by atoms with E-state index in [4.69, 9.17) is 10.9 Å². The quantitative estimate of drug-likeness (QED) is 0.582. The fourth-order valence-electron chi connectivity index (χ4n) is 1.38. The van der Waals surface area contributed by atoms with Crippen molar-refractivity contribution in [1.82, 2.24) is 15.2 Å². The molecule has 0 aliphatic rings. The van der Waals surface area contributed by atoms with Gasteiger partial charge in [-0.1, -0.05) is 12.1 Å². The van der Waals surface area contributed by atoms with Gasteiger partial charge in [-0.2, -0.15) is 4.98 Å². The van der Waals surface area contributed by atoms with E-state index in [1.165, 1.54) is 18.2 Å². The molecule has 0 saturated heterocycles. The van der Waals surface area contributed by atoms with Crippen LogP contribution in [0, 0.1) is 0 Å². The zero-order chi connectivity index (χ0) is 14.0. The number of amides is 1. The third-order valence-corrected chi connectivity index (χ3v) is 3.13. The van der Waals surface area contributed by atoms with Crippen LogP contribution >= 0.6 is 0 Å². The molecule has 2 rings (SSSR count). The summed E-state index contributed by atoms with van der Waals surface area (Å²) in [5.74, 6) is -0.910. The molecule has 0 atom stereocenters. The maximum Gasteiger partial charge on any atom is 0.293 e. The van der Waals surface area contributed by atoms with Crippen LogP contribution in [0.1, 0.15) is 10.6 Å². The summed E-state index contributed by atoms with van der Waals surface area (Å²) in [6, 6.07) is 5.72. The van der Waals surface area contributed by atoms with E-state index in [0.717, 1.165) is 0 Å². The van der Waals surface area contributed by atoms with Crippen LogP contribution in [0.4, 0.5) is 11.6 Å². The molecular formula is C9H10N6O3S. The van der Waals surface area contributed by atoms with Crippen molar-refractivity contribution >= 4 is 27.6 Å². The number of sulfonamides is 1. The van der Waals surface area contributed by atoms with Gasteiger partial charge in [-0.15, -0.1) is 5.10 Å². The van der Waals surface area contributed by atoms with Crippen LogP contribution in [0.2, 0.25) is 0 Å². The Bertz CT molecular complexity index is 723. The summed E-state index contributed by atoms with van der Waals surface area (Å²) in [6.07, 6.45) is 0. The summed E-state index contributed by atoms with van der Waals surface area (Å²) in [7, 11) is -3.94. The monoisotopic (exact) mass is 282 g/mol. The fourth-order valence-corrected chi connectivity index (χ4v) is 2.07. The second-order valence-corrected chi connectivity index (χ2v) is 5.07. The number of para-hydroxylation sites is 1. The third-order valence-electron chi connectivity index (χ3n) is 2.16. The Hall–Kier alpha value is -2.46. The Kier molecular flexibility index (Phi) is 3.19. The summed E-state index contributed by atoms with van der Waals surface area (Å²) in [4.78, 5) is 15.2. The molecule has 9 nitrogen and oxygen atoms in total. The van der Waals surface area contributed by atoms with Crippen molar-refractivity contribution in [2.75, 3.05) is 11.1 Å². The highest BCUT2D eigenvalue weighted by atomic mass is 32.2. The molecule has 0 aliphatic carbocycles. The zero-order valence-corrected chi connectivity index (χ0v) is 10.3. The lowest BCUT2D eigenvalue weighted by atomic mass is 10.3. The molecule has 1 aromatic heterocycles. The van der Waals surface area contributed by atoms with Gasteiger partial charge in [0.15, 0.2) is 0 Å². The Morgan fingerprint density at radius 2 is 2.00 bits per heavy atom. The van der Waals surface area contributed by atoms with Crippen LogP contribution < -0.4 is 16.2 Å². The molecule has 0 bridgehead atoms. The minimum absolute atomic E-state index is 0.0463. The lowest BCUT2D eigenvalue weighted by molar-refractivity contribution is 0.101. The molecule has 0 aliphatic heterocycles. The van der Waals surface area contributed by atoms with Crippen LogP contribution in [-0.4, -0.2) is 29.5 Å². The minimum atomic E-state index is -3.94. The smallest absolute Gasteiger partial charge is 0.293 e. The Balaban J connectivity index is 2.32. The van der Waals surface area contributed by atoms with Crippen molar-refractivity contribution < 1.29 is 13.2 Å². The van der Waals surface area contributed by atoms with Gasteiger partial charge < -0.3 is 11.1 Å². The number of anilines is 2. The highest BCUT2D eigenvalue weighted by Gasteiger charge is 2.17. The number of nitrogens with one attached hydrogen (secondary N) is 2. The predicted octanol–water partition coefficient (Wildman–Crippen LogP) is -0.713. The number of nitrogens with zero attached hydrogens (tertiary/aromatic N) is 2. The van der Waals surface area contributed by atoms with Gasteiger partial charge in [0.05, 0.1) is 5.69 Å². The Labute approximate surface area is 108 Å². The minimum Gasteiger partial charge on any atom is -0.366 e. The van der Waals surface area contributed by atoms with Gasteiger partial charge in [0, 0.05) is 0 Å². The number of nitrogen functional groups attached to an aromatic ring is 1. The first-order valence-electron chi connectivity index (χ1n) is 4.99. The van der Waals surface area contributed by atoms with E-state index >= 15 is 0 Å². The molecule has 2 aromatic rings. The molecule has 19 heavy (non-hydrogen) atoms. The number of rotatable bonds is 3. The van der Waals surface area contributed by atoms with Gasteiger partial charge in [-0.05, 0) is 12.1 Å². The van der Waals surface area contributed by atoms with Crippen molar-refractivity contribution in [2.45, 2.75) is 4.90 Å². The first-order valence-corrected chi connectivity index (χ1v) is 6.53. The fraction of sp³-hybridized carbons (Fsp3) is 0. The van der Waals surface area contributed by atoms with E-state index in [2.05, 4.69) is 20.5 Å². The van der Waals surface area contributed by atoms with E-state index in [1.807, 2.05) is 0 Å². The largest absolute Gasteiger partial charge is 0.366 e. The average Bonchev–Trinajstić information content (AvgIpc) is 2.75. The van der Waals surface area contributed by atoms with Crippen LogP contribution in [0.3, 0.4) is 0 Å². The van der Waals surface area contributed by atoms with E-state index in [9.17, 15) is 13.2 Å². The maximum atomic E-state index is 11.8. The highest BCUT2D eigenvalue weighted by Crippen LogP contribution is 2.19. The van der Waals surface area contributed by atoms with E-state index in [0.29, 0.717) is 0 Å². The molecule has 6 N–H and O–H groups in total. The van der Waals surface area contributed by atoms with Crippen LogP contribution in [0.15, 0.2) is 29.2 Å². The summed E-state index contributed by atoms with van der Waals surface area (Å²) < 4.78 is 22.7. The van der Waals surface area contributed by atoms with Crippen molar-refractivity contribution in [2.24, 2.45) is 5.14 Å². The summed E-state index contributed by atoms with van der Waals surface area (Å²) in [5.41, 5.74) is 5.31. The van der Waals surface area contributed by atoms with Crippen molar-refractivity contribution in [3.05, 3.63) is 30.1 Å². The topological polar surface area (TPSA) is 157 Å². The SMILES string of the molecule is Nc1n[nH]c(C(=O)Nc2ccccc2S(N)(=O)=O)n1. The van der Waals surface area contributed by atoms with Crippen LogP contribution in [0.5, 0.6) is 0 Å². The summed E-state index contributed by atoms with van der Waals surface area (Å²) >= 11 is 0. The second kappa shape index (κ2) is 4.66. The molecule has 100 valence electrons. The number of primary sulfonamides is 1. The number of benzene rings is 1. The maximum absolute atomic E-state index is 11.8. The summed E-state index contributed by atoms with van der Waals surface area (Å²) in [5, 5.41) is 13.2. The molecule has 1 heterocycles. The standard InChI is InChI=1S/C9H10N6O3S/c10-9-13-7(14-15-9)8(16)12-5-3-1-2-4-6(5)19(11,17)18/h1-4H,(H,12,16)(H2,11,17,18)(H3,10,13,14,15). The molecule has 0 radical (unpaired) electrons. The number of aromatic nitrogens is 3. The predicted molar refractivity (Wildman–Crippen MR) is 66.6 cm³/mol. The number of H-pyrrole nitrogens is 1. The number of carbonyl (C=O) groups is 1. The van der Waals surface area contributed by atoms with Gasteiger partial charge >= 0.3 is 0 Å². The van der Waals surface area contributed by atoms with Crippen molar-refractivity contribution in [1.29, 1.82) is 0 Å². The molecule has 10 heteroatoms. The second-order valence-electron chi connectivity index (χ2n) is 3.54. The molecule has 0 fully saturated rings. The van der Waals surface area contributed by atoms with Gasteiger partial charge in [-0.3, -0.25) is 9.89 Å².